The Bertz CT molecular complexity index is 686. The van der Waals surface area contributed by atoms with Crippen LogP contribution in [0, 0.1) is 6.92 Å². The normalized spacial score (nSPS) is 10.8. The quantitative estimate of drug-likeness (QED) is 0.684. The third-order valence-corrected chi connectivity index (χ3v) is 3.09. The van der Waals surface area contributed by atoms with Crippen LogP contribution in [0.4, 0.5) is 0 Å². The summed E-state index contributed by atoms with van der Waals surface area (Å²) < 4.78 is 7.53. The number of ether oxygens (including phenoxy) is 1. The van der Waals surface area contributed by atoms with Crippen molar-refractivity contribution in [3.63, 3.8) is 0 Å². The summed E-state index contributed by atoms with van der Waals surface area (Å²) in [5.74, 6) is 1.82. The van der Waals surface area contributed by atoms with Crippen molar-refractivity contribution in [2.24, 2.45) is 0 Å². The highest BCUT2D eigenvalue weighted by Crippen LogP contribution is 2.30. The molecule has 2 aromatic heterocycles. The van der Waals surface area contributed by atoms with E-state index >= 15 is 0 Å². The predicted octanol–water partition coefficient (Wildman–Crippen LogP) is 3.34. The van der Waals surface area contributed by atoms with E-state index in [1.807, 2.05) is 30.3 Å². The van der Waals surface area contributed by atoms with Crippen molar-refractivity contribution in [3.8, 4) is 11.6 Å². The molecule has 0 unspecified atom stereocenters. The molecule has 0 N–H and O–H groups in total. The zero-order valence-electron chi connectivity index (χ0n) is 10.4. The minimum absolute atomic E-state index is 0.894. The number of benzene rings is 1. The summed E-state index contributed by atoms with van der Waals surface area (Å²) >= 11 is 0. The Labute approximate surface area is 106 Å². The molecule has 0 aliphatic heterocycles. The number of aryl methyl sites for hydroxylation is 1. The molecular weight excluding hydrogens is 224 g/mol. The van der Waals surface area contributed by atoms with Crippen LogP contribution in [0.25, 0.3) is 16.7 Å². The molecule has 1 aromatic carbocycles. The van der Waals surface area contributed by atoms with Crippen LogP contribution in [-0.4, -0.2) is 16.7 Å². The van der Waals surface area contributed by atoms with Gasteiger partial charge >= 0.3 is 0 Å². The summed E-state index contributed by atoms with van der Waals surface area (Å²) in [5, 5.41) is 1.11. The number of hydrogen-bond acceptors (Lipinski definition) is 2. The number of pyridine rings is 1. The van der Waals surface area contributed by atoms with Crippen molar-refractivity contribution in [2.45, 2.75) is 6.92 Å². The molecule has 0 radical (unpaired) electrons. The Morgan fingerprint density at radius 1 is 1.11 bits per heavy atom. The molecule has 0 saturated carbocycles. The van der Waals surface area contributed by atoms with Gasteiger partial charge in [-0.2, -0.15) is 0 Å². The van der Waals surface area contributed by atoms with Gasteiger partial charge in [-0.15, -0.1) is 0 Å². The topological polar surface area (TPSA) is 27.1 Å². The van der Waals surface area contributed by atoms with Gasteiger partial charge in [0, 0.05) is 17.3 Å². The van der Waals surface area contributed by atoms with Gasteiger partial charge in [-0.05, 0) is 37.3 Å². The van der Waals surface area contributed by atoms with Crippen molar-refractivity contribution >= 4 is 10.9 Å². The average Bonchev–Trinajstić information content (AvgIpc) is 2.75. The maximum Gasteiger partial charge on any atom is 0.137 e. The van der Waals surface area contributed by atoms with Gasteiger partial charge in [-0.25, -0.2) is 4.98 Å². The molecule has 0 amide bonds. The molecule has 0 aliphatic carbocycles. The van der Waals surface area contributed by atoms with Crippen LogP contribution >= 0.6 is 0 Å². The molecule has 2 heterocycles. The van der Waals surface area contributed by atoms with Gasteiger partial charge in [0.05, 0.1) is 12.6 Å². The third kappa shape index (κ3) is 1.56. The second kappa shape index (κ2) is 4.18. The highest BCUT2D eigenvalue weighted by Gasteiger charge is 2.11. The Hall–Kier alpha value is -2.29. The summed E-state index contributed by atoms with van der Waals surface area (Å²) in [6, 6.07) is 14.1. The molecule has 3 heteroatoms. The Morgan fingerprint density at radius 2 is 2.00 bits per heavy atom. The van der Waals surface area contributed by atoms with E-state index < -0.39 is 0 Å². The lowest BCUT2D eigenvalue weighted by atomic mass is 10.2. The molecule has 3 aromatic rings. The van der Waals surface area contributed by atoms with E-state index in [9.17, 15) is 0 Å². The monoisotopic (exact) mass is 238 g/mol. The summed E-state index contributed by atoms with van der Waals surface area (Å²) in [4.78, 5) is 4.41. The lowest BCUT2D eigenvalue weighted by Crippen LogP contribution is -1.98. The largest absolute Gasteiger partial charge is 0.496 e. The molecule has 90 valence electrons. The second-order valence-corrected chi connectivity index (χ2v) is 4.20. The SMILES string of the molecule is COc1cccc2c1cc(C)n2-c1ccccn1. The van der Waals surface area contributed by atoms with Crippen molar-refractivity contribution < 1.29 is 4.74 Å². The molecule has 0 atom stereocenters. The first-order valence-corrected chi connectivity index (χ1v) is 5.88. The number of rotatable bonds is 2. The fourth-order valence-corrected chi connectivity index (χ4v) is 2.30. The highest BCUT2D eigenvalue weighted by molar-refractivity contribution is 5.88. The number of methoxy groups -OCH3 is 1. The Morgan fingerprint density at radius 3 is 2.72 bits per heavy atom. The number of fused-ring (bicyclic) bond motifs is 1. The first-order valence-electron chi connectivity index (χ1n) is 5.88. The van der Waals surface area contributed by atoms with Crippen LogP contribution in [0.3, 0.4) is 0 Å². The molecule has 3 rings (SSSR count). The van der Waals surface area contributed by atoms with Gasteiger partial charge in [0.25, 0.3) is 0 Å². The number of hydrogen-bond donors (Lipinski definition) is 0. The van der Waals surface area contributed by atoms with E-state index in [4.69, 9.17) is 4.74 Å². The molecule has 0 bridgehead atoms. The smallest absolute Gasteiger partial charge is 0.137 e. The summed E-state index contributed by atoms with van der Waals surface area (Å²) in [5.41, 5.74) is 2.26. The van der Waals surface area contributed by atoms with E-state index in [1.54, 1.807) is 13.3 Å². The van der Waals surface area contributed by atoms with Crippen molar-refractivity contribution in [1.82, 2.24) is 9.55 Å². The zero-order chi connectivity index (χ0) is 12.5. The average molecular weight is 238 g/mol. The van der Waals surface area contributed by atoms with E-state index in [0.29, 0.717) is 0 Å². The van der Waals surface area contributed by atoms with Crippen molar-refractivity contribution in [2.75, 3.05) is 7.11 Å². The summed E-state index contributed by atoms with van der Waals surface area (Å²) in [7, 11) is 1.70. The van der Waals surface area contributed by atoms with Gasteiger partial charge in [-0.1, -0.05) is 12.1 Å². The fraction of sp³-hybridized carbons (Fsp3) is 0.133. The van der Waals surface area contributed by atoms with Crippen molar-refractivity contribution in [3.05, 3.63) is 54.4 Å². The first-order chi connectivity index (χ1) is 8.81. The zero-order valence-corrected chi connectivity index (χ0v) is 10.4. The van der Waals surface area contributed by atoms with Crippen LogP contribution in [0.5, 0.6) is 5.75 Å². The molecule has 3 nitrogen and oxygen atoms in total. The van der Waals surface area contributed by atoms with E-state index in [-0.39, 0.29) is 0 Å². The Balaban J connectivity index is 2.34. The highest BCUT2D eigenvalue weighted by atomic mass is 16.5. The minimum atomic E-state index is 0.894. The molecule has 0 fully saturated rings. The predicted molar refractivity (Wildman–Crippen MR) is 72.4 cm³/mol. The maximum absolute atomic E-state index is 5.40. The van der Waals surface area contributed by atoms with E-state index in [2.05, 4.69) is 28.6 Å². The number of aromatic nitrogens is 2. The van der Waals surface area contributed by atoms with Crippen LogP contribution in [-0.2, 0) is 0 Å². The van der Waals surface area contributed by atoms with Crippen LogP contribution in [0.15, 0.2) is 48.7 Å². The second-order valence-electron chi connectivity index (χ2n) is 4.20. The van der Waals surface area contributed by atoms with Gasteiger partial charge in [0.1, 0.15) is 11.6 Å². The van der Waals surface area contributed by atoms with Gasteiger partial charge in [0.15, 0.2) is 0 Å². The summed E-state index contributed by atoms with van der Waals surface area (Å²) in [6.45, 7) is 2.08. The molecule has 0 spiro atoms. The minimum Gasteiger partial charge on any atom is -0.496 e. The first kappa shape index (κ1) is 10.8. The third-order valence-electron chi connectivity index (χ3n) is 3.09. The van der Waals surface area contributed by atoms with Gasteiger partial charge in [-0.3, -0.25) is 4.57 Å². The molecule has 18 heavy (non-hydrogen) atoms. The molecular formula is C15H14N2O. The Kier molecular flexibility index (Phi) is 2.52. The summed E-state index contributed by atoms with van der Waals surface area (Å²) in [6.07, 6.45) is 1.81. The molecule has 0 aliphatic rings. The van der Waals surface area contributed by atoms with E-state index in [0.717, 1.165) is 28.2 Å². The van der Waals surface area contributed by atoms with Crippen LogP contribution in [0.2, 0.25) is 0 Å². The van der Waals surface area contributed by atoms with Gasteiger partial charge in [0.2, 0.25) is 0 Å². The lowest BCUT2D eigenvalue weighted by Gasteiger charge is -2.07. The van der Waals surface area contributed by atoms with Crippen LogP contribution in [0.1, 0.15) is 5.69 Å². The number of nitrogens with zero attached hydrogens (tertiary/aromatic N) is 2. The maximum atomic E-state index is 5.40. The van der Waals surface area contributed by atoms with Crippen LogP contribution < -0.4 is 4.74 Å². The van der Waals surface area contributed by atoms with Crippen molar-refractivity contribution in [1.29, 1.82) is 0 Å². The fourth-order valence-electron chi connectivity index (χ4n) is 2.30. The molecule has 0 saturated heterocycles. The standard InChI is InChI=1S/C15H14N2O/c1-11-10-12-13(6-5-7-14(12)18-2)17(11)15-8-3-4-9-16-15/h3-10H,1-2H3. The van der Waals surface area contributed by atoms with E-state index in [1.165, 1.54) is 0 Å². The lowest BCUT2D eigenvalue weighted by molar-refractivity contribution is 0.420. The van der Waals surface area contributed by atoms with Gasteiger partial charge < -0.3 is 4.74 Å².